The fourth-order valence-corrected chi connectivity index (χ4v) is 2.50. The average molecular weight is 398 g/mol. The fourth-order valence-electron chi connectivity index (χ4n) is 2.50. The van der Waals surface area contributed by atoms with E-state index in [1.54, 1.807) is 24.3 Å². The van der Waals surface area contributed by atoms with Gasteiger partial charge >= 0.3 is 11.8 Å². The second-order valence-electron chi connectivity index (χ2n) is 6.20. The third-order valence-electron chi connectivity index (χ3n) is 3.97. The lowest BCUT2D eigenvalue weighted by molar-refractivity contribution is -0.218. The Morgan fingerprint density at radius 1 is 0.893 bits per heavy atom. The summed E-state index contributed by atoms with van der Waals surface area (Å²) in [6, 6.07) is 8.87. The van der Waals surface area contributed by atoms with Crippen molar-refractivity contribution < 1.29 is 33.6 Å². The molecular weight excluding hydrogens is 364 g/mol. The zero-order valence-corrected chi connectivity index (χ0v) is 17.1. The third kappa shape index (κ3) is 10.0. The first kappa shape index (κ1) is 24.4. The second kappa shape index (κ2) is 15.3. The highest BCUT2D eigenvalue weighted by atomic mass is 16.7. The molecule has 1 aromatic carbocycles. The molecule has 0 heterocycles. The van der Waals surface area contributed by atoms with Gasteiger partial charge in [0.05, 0.1) is 39.6 Å². The Kier molecular flexibility index (Phi) is 13.3. The molecular formula is C21H34O7. The van der Waals surface area contributed by atoms with Crippen LogP contribution in [0.1, 0.15) is 39.5 Å². The number of benzene rings is 1. The molecule has 1 unspecified atom stereocenters. The minimum Gasteiger partial charge on any atom is -0.476 e. The fraction of sp³-hybridized carbons (Fsp3) is 0.667. The van der Waals surface area contributed by atoms with Crippen LogP contribution in [0.15, 0.2) is 30.3 Å². The van der Waals surface area contributed by atoms with E-state index in [1.165, 1.54) is 0 Å². The van der Waals surface area contributed by atoms with Crippen molar-refractivity contribution in [1.82, 2.24) is 0 Å². The van der Waals surface area contributed by atoms with E-state index < -0.39 is 11.8 Å². The van der Waals surface area contributed by atoms with Crippen LogP contribution in [-0.4, -0.2) is 63.1 Å². The van der Waals surface area contributed by atoms with E-state index in [-0.39, 0.29) is 19.6 Å². The maximum atomic E-state index is 12.0. The van der Waals surface area contributed by atoms with Crippen LogP contribution in [-0.2, 0) is 23.7 Å². The number of para-hydroxylation sites is 1. The van der Waals surface area contributed by atoms with E-state index in [1.807, 2.05) is 13.0 Å². The van der Waals surface area contributed by atoms with Crippen LogP contribution in [0, 0.1) is 0 Å². The highest BCUT2D eigenvalue weighted by Gasteiger charge is 2.42. The Balaban J connectivity index is 2.45. The summed E-state index contributed by atoms with van der Waals surface area (Å²) in [5.41, 5.74) is 0. The van der Waals surface area contributed by atoms with E-state index in [9.17, 15) is 9.90 Å². The summed E-state index contributed by atoms with van der Waals surface area (Å²) in [5.74, 6) is -2.38. The van der Waals surface area contributed by atoms with Crippen LogP contribution >= 0.6 is 0 Å². The largest absolute Gasteiger partial charge is 0.476 e. The van der Waals surface area contributed by atoms with Gasteiger partial charge in [-0.05, 0) is 25.5 Å². The number of aliphatic carboxylic acids is 1. The summed E-state index contributed by atoms with van der Waals surface area (Å²) >= 11 is 0. The smallest absolute Gasteiger partial charge is 0.377 e. The summed E-state index contributed by atoms with van der Waals surface area (Å²) in [4.78, 5) is 12.0. The first-order valence-electron chi connectivity index (χ1n) is 9.99. The molecule has 0 aliphatic rings. The van der Waals surface area contributed by atoms with Crippen molar-refractivity contribution in [2.75, 3.05) is 46.2 Å². The number of hydrogen-bond donors (Lipinski definition) is 1. The lowest BCUT2D eigenvalue weighted by Crippen LogP contribution is -2.48. The average Bonchev–Trinajstić information content (AvgIpc) is 2.70. The predicted molar refractivity (Wildman–Crippen MR) is 106 cm³/mol. The number of rotatable bonds is 18. The molecule has 0 amide bonds. The minimum atomic E-state index is -1.71. The molecule has 1 atom stereocenters. The van der Waals surface area contributed by atoms with Gasteiger partial charge in [0.15, 0.2) is 0 Å². The molecule has 160 valence electrons. The second-order valence-corrected chi connectivity index (χ2v) is 6.20. The third-order valence-corrected chi connectivity index (χ3v) is 3.97. The quantitative estimate of drug-likeness (QED) is 0.299. The van der Waals surface area contributed by atoms with Gasteiger partial charge in [-0.1, -0.05) is 38.0 Å². The Bertz CT molecular complexity index is 509. The Morgan fingerprint density at radius 2 is 1.50 bits per heavy atom. The van der Waals surface area contributed by atoms with Crippen LogP contribution < -0.4 is 4.74 Å². The van der Waals surface area contributed by atoms with E-state index in [4.69, 9.17) is 23.7 Å². The van der Waals surface area contributed by atoms with Crippen molar-refractivity contribution in [3.05, 3.63) is 30.3 Å². The van der Waals surface area contributed by atoms with Gasteiger partial charge in [0, 0.05) is 13.0 Å². The van der Waals surface area contributed by atoms with Crippen molar-refractivity contribution in [3.8, 4) is 5.75 Å². The molecule has 0 saturated carbocycles. The molecule has 0 aliphatic carbocycles. The topological polar surface area (TPSA) is 83.5 Å². The predicted octanol–water partition coefficient (Wildman–Crippen LogP) is 3.51. The van der Waals surface area contributed by atoms with Gasteiger partial charge in [0.25, 0.3) is 0 Å². The van der Waals surface area contributed by atoms with Gasteiger partial charge in [-0.15, -0.1) is 0 Å². The van der Waals surface area contributed by atoms with Gasteiger partial charge in [-0.3, -0.25) is 0 Å². The van der Waals surface area contributed by atoms with Crippen molar-refractivity contribution in [1.29, 1.82) is 0 Å². The van der Waals surface area contributed by atoms with Crippen LogP contribution in [0.4, 0.5) is 0 Å². The van der Waals surface area contributed by atoms with E-state index in [0.29, 0.717) is 45.2 Å². The van der Waals surface area contributed by atoms with Gasteiger partial charge in [-0.2, -0.15) is 0 Å². The molecule has 1 N–H and O–H groups in total. The highest BCUT2D eigenvalue weighted by Crippen LogP contribution is 2.26. The van der Waals surface area contributed by atoms with Crippen LogP contribution in [0.2, 0.25) is 0 Å². The molecule has 0 radical (unpaired) electrons. The van der Waals surface area contributed by atoms with E-state index in [0.717, 1.165) is 12.8 Å². The van der Waals surface area contributed by atoms with Gasteiger partial charge in [-0.25, -0.2) is 4.79 Å². The number of carboxylic acid groups (broad SMARTS) is 1. The number of hydrogen-bond acceptors (Lipinski definition) is 6. The SMILES string of the molecule is CCCCCC(OCCOCCOCCOCC)(Oc1ccccc1)C(=O)O. The van der Waals surface area contributed by atoms with Crippen LogP contribution in [0.3, 0.4) is 0 Å². The maximum absolute atomic E-state index is 12.0. The van der Waals surface area contributed by atoms with Crippen molar-refractivity contribution in [2.45, 2.75) is 45.3 Å². The summed E-state index contributed by atoms with van der Waals surface area (Å²) in [5, 5.41) is 9.81. The Labute approximate surface area is 167 Å². The highest BCUT2D eigenvalue weighted by molar-refractivity contribution is 5.76. The van der Waals surface area contributed by atoms with Crippen molar-refractivity contribution in [3.63, 3.8) is 0 Å². The summed E-state index contributed by atoms with van der Waals surface area (Å²) in [6.07, 6.45) is 2.86. The number of ether oxygens (including phenoxy) is 5. The standard InChI is InChI=1S/C21H34O7/c1-3-5-9-12-21(20(22)23,28-19-10-7-6-8-11-19)27-18-17-26-16-15-25-14-13-24-4-2/h6-8,10-11H,3-5,9,12-18H2,1-2H3,(H,22,23). The zero-order valence-electron chi connectivity index (χ0n) is 17.1. The van der Waals surface area contributed by atoms with Crippen LogP contribution in [0.25, 0.3) is 0 Å². The Morgan fingerprint density at radius 3 is 2.07 bits per heavy atom. The monoisotopic (exact) mass is 398 g/mol. The molecule has 28 heavy (non-hydrogen) atoms. The molecule has 0 spiro atoms. The summed E-state index contributed by atoms with van der Waals surface area (Å²) < 4.78 is 27.5. The molecule has 1 rings (SSSR count). The lowest BCUT2D eigenvalue weighted by Gasteiger charge is -2.30. The number of unbranched alkanes of at least 4 members (excludes halogenated alkanes) is 2. The van der Waals surface area contributed by atoms with E-state index >= 15 is 0 Å². The molecule has 7 heteroatoms. The van der Waals surface area contributed by atoms with Crippen molar-refractivity contribution >= 4 is 5.97 Å². The molecule has 0 saturated heterocycles. The first-order valence-corrected chi connectivity index (χ1v) is 9.99. The van der Waals surface area contributed by atoms with Gasteiger partial charge < -0.3 is 28.8 Å². The van der Waals surface area contributed by atoms with Crippen molar-refractivity contribution in [2.24, 2.45) is 0 Å². The Hall–Kier alpha value is -1.67. The molecule has 0 aliphatic heterocycles. The molecule has 0 aromatic heterocycles. The first-order chi connectivity index (χ1) is 13.6. The molecule has 0 fully saturated rings. The van der Waals surface area contributed by atoms with E-state index in [2.05, 4.69) is 6.92 Å². The number of carbonyl (C=O) groups is 1. The van der Waals surface area contributed by atoms with Crippen LogP contribution in [0.5, 0.6) is 5.75 Å². The lowest BCUT2D eigenvalue weighted by atomic mass is 10.1. The van der Waals surface area contributed by atoms with Gasteiger partial charge in [0.1, 0.15) is 5.75 Å². The normalized spacial score (nSPS) is 13.2. The summed E-state index contributed by atoms with van der Waals surface area (Å²) in [7, 11) is 0. The number of carboxylic acids is 1. The maximum Gasteiger partial charge on any atom is 0.377 e. The molecule has 1 aromatic rings. The molecule has 0 bridgehead atoms. The minimum absolute atomic E-state index is 0.115. The molecule has 7 nitrogen and oxygen atoms in total. The summed E-state index contributed by atoms with van der Waals surface area (Å²) in [6.45, 7) is 6.99. The zero-order chi connectivity index (χ0) is 20.5. The van der Waals surface area contributed by atoms with Gasteiger partial charge in [0.2, 0.25) is 0 Å².